The summed E-state index contributed by atoms with van der Waals surface area (Å²) >= 11 is 1.45. The molecule has 108 valence electrons. The first-order valence-electron chi connectivity index (χ1n) is 6.37. The van der Waals surface area contributed by atoms with E-state index in [1.807, 2.05) is 0 Å². The van der Waals surface area contributed by atoms with Crippen LogP contribution in [-0.2, 0) is 13.0 Å². The van der Waals surface area contributed by atoms with Gasteiger partial charge in [0.05, 0.1) is 17.0 Å². The predicted molar refractivity (Wildman–Crippen MR) is 78.3 cm³/mol. The van der Waals surface area contributed by atoms with Crippen molar-refractivity contribution >= 4 is 17.7 Å². The molecule has 2 aromatic rings. The van der Waals surface area contributed by atoms with Crippen LogP contribution in [0, 0.1) is 0 Å². The molecule has 0 amide bonds. The van der Waals surface area contributed by atoms with Crippen LogP contribution in [0.25, 0.3) is 0 Å². The van der Waals surface area contributed by atoms with E-state index in [-0.39, 0.29) is 17.7 Å². The number of H-pyrrole nitrogens is 1. The monoisotopic (exact) mass is 304 g/mol. The van der Waals surface area contributed by atoms with Crippen LogP contribution < -0.4 is 11.2 Å². The van der Waals surface area contributed by atoms with Crippen molar-refractivity contribution in [1.82, 2.24) is 9.55 Å². The van der Waals surface area contributed by atoms with Crippen LogP contribution in [0.5, 0.6) is 0 Å². The van der Waals surface area contributed by atoms with Crippen molar-refractivity contribution < 1.29 is 9.90 Å². The van der Waals surface area contributed by atoms with Crippen LogP contribution >= 0.6 is 11.8 Å². The minimum absolute atomic E-state index is 0.127. The molecule has 7 heteroatoms. The number of nitrogens with zero attached hydrogens (tertiary/aromatic N) is 1. The van der Waals surface area contributed by atoms with Gasteiger partial charge in [-0.2, -0.15) is 0 Å². The van der Waals surface area contributed by atoms with Gasteiger partial charge in [0, 0.05) is 11.4 Å². The first-order valence-corrected chi connectivity index (χ1v) is 7.36. The fourth-order valence-corrected chi connectivity index (χ4v) is 3.33. The Labute approximate surface area is 123 Å². The normalized spacial score (nSPS) is 13.1. The number of fused-ring (bicyclic) bond motifs is 1. The Morgan fingerprint density at radius 2 is 2.00 bits per heavy atom. The summed E-state index contributed by atoms with van der Waals surface area (Å²) in [7, 11) is 0. The molecule has 0 spiro atoms. The molecule has 21 heavy (non-hydrogen) atoms. The molecular weight excluding hydrogens is 292 g/mol. The highest BCUT2D eigenvalue weighted by Crippen LogP contribution is 2.25. The van der Waals surface area contributed by atoms with Crippen molar-refractivity contribution in [3.8, 4) is 0 Å². The summed E-state index contributed by atoms with van der Waals surface area (Å²) in [6.07, 6.45) is 0.707. The molecule has 0 unspecified atom stereocenters. The molecule has 1 aliphatic rings. The van der Waals surface area contributed by atoms with E-state index in [1.54, 1.807) is 12.1 Å². The zero-order valence-corrected chi connectivity index (χ0v) is 11.8. The van der Waals surface area contributed by atoms with Gasteiger partial charge in [0.1, 0.15) is 0 Å². The van der Waals surface area contributed by atoms with Gasteiger partial charge in [0.2, 0.25) is 0 Å². The van der Waals surface area contributed by atoms with Gasteiger partial charge < -0.3 is 10.1 Å². The minimum Gasteiger partial charge on any atom is -0.478 e. The number of nitrogens with one attached hydrogen (secondary N) is 1. The van der Waals surface area contributed by atoms with Crippen molar-refractivity contribution in [1.29, 1.82) is 0 Å². The maximum atomic E-state index is 12.3. The van der Waals surface area contributed by atoms with Crippen LogP contribution in [0.15, 0.2) is 38.8 Å². The average Bonchev–Trinajstić information content (AvgIpc) is 2.92. The number of carbonyl (C=O) groups is 1. The van der Waals surface area contributed by atoms with Crippen LogP contribution in [0.3, 0.4) is 0 Å². The second-order valence-electron chi connectivity index (χ2n) is 4.73. The highest BCUT2D eigenvalue weighted by Gasteiger charge is 2.19. The minimum atomic E-state index is -1.01. The van der Waals surface area contributed by atoms with Gasteiger partial charge in [0.15, 0.2) is 0 Å². The van der Waals surface area contributed by atoms with E-state index in [9.17, 15) is 14.4 Å². The maximum absolute atomic E-state index is 12.3. The molecule has 0 atom stereocenters. The van der Waals surface area contributed by atoms with E-state index >= 15 is 0 Å². The van der Waals surface area contributed by atoms with E-state index in [4.69, 9.17) is 5.11 Å². The van der Waals surface area contributed by atoms with E-state index in [1.165, 1.54) is 23.9 Å². The first kappa shape index (κ1) is 13.7. The fraction of sp³-hybridized carbons (Fsp3) is 0.214. The van der Waals surface area contributed by atoms with Crippen molar-refractivity contribution in [2.45, 2.75) is 17.9 Å². The Morgan fingerprint density at radius 3 is 2.67 bits per heavy atom. The number of hydrogen-bond acceptors (Lipinski definition) is 4. The number of benzene rings is 1. The van der Waals surface area contributed by atoms with E-state index in [0.29, 0.717) is 22.6 Å². The number of rotatable bonds is 3. The Kier molecular flexibility index (Phi) is 3.42. The van der Waals surface area contributed by atoms with E-state index in [0.717, 1.165) is 10.3 Å². The molecular formula is C14H12N2O4S. The number of aromatic nitrogens is 2. The van der Waals surface area contributed by atoms with Gasteiger partial charge in [-0.15, -0.1) is 11.8 Å². The van der Waals surface area contributed by atoms with Gasteiger partial charge in [-0.25, -0.2) is 9.59 Å². The van der Waals surface area contributed by atoms with Crippen LogP contribution in [0.1, 0.15) is 21.6 Å². The molecule has 0 fully saturated rings. The zero-order chi connectivity index (χ0) is 15.0. The van der Waals surface area contributed by atoms with E-state index < -0.39 is 11.7 Å². The number of aryl methyl sites for hydroxylation is 1. The lowest BCUT2D eigenvalue weighted by atomic mass is 10.1. The van der Waals surface area contributed by atoms with Crippen LogP contribution in [0.2, 0.25) is 0 Å². The van der Waals surface area contributed by atoms with Crippen molar-refractivity contribution in [3.63, 3.8) is 0 Å². The number of aromatic carboxylic acids is 1. The van der Waals surface area contributed by atoms with Gasteiger partial charge in [-0.3, -0.25) is 9.36 Å². The molecule has 1 aromatic heterocycles. The van der Waals surface area contributed by atoms with Crippen molar-refractivity contribution in [3.05, 3.63) is 61.9 Å². The Hall–Kier alpha value is -2.28. The second-order valence-corrected chi connectivity index (χ2v) is 5.83. The van der Waals surface area contributed by atoms with Crippen LogP contribution in [-0.4, -0.2) is 26.4 Å². The quantitative estimate of drug-likeness (QED) is 0.880. The third-order valence-electron chi connectivity index (χ3n) is 3.36. The second kappa shape index (κ2) is 5.25. The fourth-order valence-electron chi connectivity index (χ4n) is 2.26. The lowest BCUT2D eigenvalue weighted by Crippen LogP contribution is -2.36. The smallest absolute Gasteiger partial charge is 0.335 e. The number of carboxylic acid groups (broad SMARTS) is 1. The van der Waals surface area contributed by atoms with Gasteiger partial charge >= 0.3 is 11.7 Å². The standard InChI is InChI=1S/C14H12N2O4S/c17-12-11-10(5-6-21-11)15-14(20)16(12)7-8-1-3-9(4-2-8)13(18)19/h1-4H,5-7H2,(H,15,20)(H,18,19). The number of carboxylic acids is 1. The van der Waals surface area contributed by atoms with Crippen molar-refractivity contribution in [2.24, 2.45) is 0 Å². The predicted octanol–water partition coefficient (Wildman–Crippen LogP) is 0.931. The zero-order valence-electron chi connectivity index (χ0n) is 11.0. The lowest BCUT2D eigenvalue weighted by Gasteiger charge is -2.07. The summed E-state index contributed by atoms with van der Waals surface area (Å²) in [4.78, 5) is 38.4. The Morgan fingerprint density at radius 1 is 1.29 bits per heavy atom. The number of aromatic amines is 1. The first-order chi connectivity index (χ1) is 10.1. The molecule has 1 aliphatic heterocycles. The van der Waals surface area contributed by atoms with Crippen LogP contribution in [0.4, 0.5) is 0 Å². The average molecular weight is 304 g/mol. The number of hydrogen-bond donors (Lipinski definition) is 2. The Bertz CT molecular complexity index is 820. The molecule has 0 saturated heterocycles. The van der Waals surface area contributed by atoms with Gasteiger partial charge in [-0.05, 0) is 24.1 Å². The van der Waals surface area contributed by atoms with E-state index in [2.05, 4.69) is 4.98 Å². The molecule has 3 rings (SSSR count). The molecule has 2 N–H and O–H groups in total. The van der Waals surface area contributed by atoms with Gasteiger partial charge in [-0.1, -0.05) is 12.1 Å². The summed E-state index contributed by atoms with van der Waals surface area (Å²) in [5.41, 5.74) is 0.884. The molecule has 0 radical (unpaired) electrons. The third kappa shape index (κ3) is 2.52. The molecule has 2 heterocycles. The van der Waals surface area contributed by atoms with Gasteiger partial charge in [0.25, 0.3) is 5.56 Å². The molecule has 0 saturated carbocycles. The highest BCUT2D eigenvalue weighted by molar-refractivity contribution is 7.99. The van der Waals surface area contributed by atoms with Crippen molar-refractivity contribution in [2.75, 3.05) is 5.75 Å². The summed E-state index contributed by atoms with van der Waals surface area (Å²) in [6.45, 7) is 0.127. The molecule has 0 aliphatic carbocycles. The highest BCUT2D eigenvalue weighted by atomic mass is 32.2. The summed E-state index contributed by atoms with van der Waals surface area (Å²) in [5.74, 6) is -0.205. The summed E-state index contributed by atoms with van der Waals surface area (Å²) in [6, 6.07) is 6.13. The number of thioether (sulfide) groups is 1. The largest absolute Gasteiger partial charge is 0.478 e. The SMILES string of the molecule is O=C(O)c1ccc(Cn2c(=O)[nH]c3c(c2=O)SCC3)cc1. The molecule has 0 bridgehead atoms. The Balaban J connectivity index is 1.97. The lowest BCUT2D eigenvalue weighted by molar-refractivity contribution is 0.0697. The summed E-state index contributed by atoms with van der Waals surface area (Å²) < 4.78 is 1.15. The third-order valence-corrected chi connectivity index (χ3v) is 4.47. The topological polar surface area (TPSA) is 92.2 Å². The molecule has 1 aromatic carbocycles. The molecule has 6 nitrogen and oxygen atoms in total. The summed E-state index contributed by atoms with van der Waals surface area (Å²) in [5, 5.41) is 8.85. The maximum Gasteiger partial charge on any atom is 0.335 e.